The van der Waals surface area contributed by atoms with E-state index in [9.17, 15) is 5.21 Å². The van der Waals surface area contributed by atoms with Gasteiger partial charge in [0, 0.05) is 32.0 Å². The molecule has 1 aromatic carbocycles. The van der Waals surface area contributed by atoms with Crippen molar-refractivity contribution >= 4 is 5.69 Å². The molecule has 7 heteroatoms. The van der Waals surface area contributed by atoms with Gasteiger partial charge in [-0.3, -0.25) is 0 Å². The molecule has 0 unspecified atom stereocenters. The van der Waals surface area contributed by atoms with Gasteiger partial charge in [0.25, 0.3) is 0 Å². The Labute approximate surface area is 124 Å². The third-order valence-corrected chi connectivity index (χ3v) is 2.61. The van der Waals surface area contributed by atoms with Crippen molar-refractivity contribution in [3.8, 4) is 17.6 Å². The van der Waals surface area contributed by atoms with Gasteiger partial charge in [-0.1, -0.05) is 0 Å². The fourth-order valence-corrected chi connectivity index (χ4v) is 1.59. The van der Waals surface area contributed by atoms with Crippen LogP contribution in [0.1, 0.15) is 5.56 Å². The molecule has 7 nitrogen and oxygen atoms in total. The lowest BCUT2D eigenvalue weighted by Crippen LogP contribution is -2.12. The van der Waals surface area contributed by atoms with Gasteiger partial charge in [-0.05, 0) is 7.05 Å². The Morgan fingerprint density at radius 2 is 1.57 bits per heavy atom. The van der Waals surface area contributed by atoms with Crippen LogP contribution in [0.2, 0.25) is 0 Å². The summed E-state index contributed by atoms with van der Waals surface area (Å²) >= 11 is 0. The molecule has 0 fully saturated rings. The molecule has 0 bridgehead atoms. The minimum atomic E-state index is 0.221. The van der Waals surface area contributed by atoms with E-state index in [-0.39, 0.29) is 11.3 Å². The zero-order chi connectivity index (χ0) is 15.7. The lowest BCUT2D eigenvalue weighted by Gasteiger charge is -2.27. The fourth-order valence-electron chi connectivity index (χ4n) is 1.59. The normalized spacial score (nSPS) is 10.0. The summed E-state index contributed by atoms with van der Waals surface area (Å²) in [4.78, 5) is 0. The molecule has 1 rings (SSSR count). The van der Waals surface area contributed by atoms with Crippen LogP contribution in [0, 0.1) is 16.5 Å². The highest BCUT2D eigenvalue weighted by atomic mass is 16.5. The number of hydrogen-bond acceptors (Lipinski definition) is 7. The molecule has 0 radical (unpaired) electrons. The Morgan fingerprint density at radius 3 is 2.00 bits per heavy atom. The van der Waals surface area contributed by atoms with Crippen LogP contribution < -0.4 is 14.5 Å². The Bertz CT molecular complexity index is 485. The molecule has 0 saturated carbocycles. The third kappa shape index (κ3) is 5.11. The van der Waals surface area contributed by atoms with Gasteiger partial charge in [0.05, 0.1) is 18.8 Å². The van der Waals surface area contributed by atoms with Crippen molar-refractivity contribution in [1.82, 2.24) is 0 Å². The first kappa shape index (κ1) is 17.0. The number of ether oxygens (including phenoxy) is 4. The molecule has 0 aromatic heterocycles. The summed E-state index contributed by atoms with van der Waals surface area (Å²) in [6.45, 7) is 1.43. The van der Waals surface area contributed by atoms with Crippen molar-refractivity contribution in [2.24, 2.45) is 0 Å². The quantitative estimate of drug-likeness (QED) is 0.504. The van der Waals surface area contributed by atoms with E-state index in [1.807, 2.05) is 6.07 Å². The van der Waals surface area contributed by atoms with Gasteiger partial charge in [0.2, 0.25) is 0 Å². The largest absolute Gasteiger partial charge is 0.758 e. The zero-order valence-corrected chi connectivity index (χ0v) is 12.4. The second kappa shape index (κ2) is 9.02. The highest BCUT2D eigenvalue weighted by Gasteiger charge is 2.12. The van der Waals surface area contributed by atoms with Crippen LogP contribution in [0.15, 0.2) is 12.1 Å². The van der Waals surface area contributed by atoms with Crippen LogP contribution in [-0.2, 0) is 9.47 Å². The molecule has 0 saturated heterocycles. The van der Waals surface area contributed by atoms with E-state index < -0.39 is 0 Å². The summed E-state index contributed by atoms with van der Waals surface area (Å²) in [7, 11) is 4.45. The Kier molecular flexibility index (Phi) is 7.32. The van der Waals surface area contributed by atoms with Crippen LogP contribution in [-0.4, -0.2) is 47.7 Å². The molecule has 0 spiro atoms. The van der Waals surface area contributed by atoms with E-state index in [1.165, 1.54) is 19.2 Å². The monoisotopic (exact) mass is 295 g/mol. The molecule has 0 heterocycles. The van der Waals surface area contributed by atoms with Gasteiger partial charge in [-0.2, -0.15) is 5.26 Å². The van der Waals surface area contributed by atoms with Gasteiger partial charge in [-0.15, -0.1) is 0 Å². The molecule has 0 N–H and O–H groups in total. The lowest BCUT2D eigenvalue weighted by molar-refractivity contribution is 0.132. The van der Waals surface area contributed by atoms with Gasteiger partial charge < -0.3 is 29.2 Å². The SMILES string of the molecule is COCCOc1cc(C#N)c(N(C)[O-])cc1OCCOC. The summed E-state index contributed by atoms with van der Waals surface area (Å²) in [6.07, 6.45) is 0. The van der Waals surface area contributed by atoms with E-state index in [2.05, 4.69) is 0 Å². The Morgan fingerprint density at radius 1 is 1.05 bits per heavy atom. The number of anilines is 1. The molecule has 0 aliphatic heterocycles. The highest BCUT2D eigenvalue weighted by Crippen LogP contribution is 2.34. The second-order valence-electron chi connectivity index (χ2n) is 4.11. The van der Waals surface area contributed by atoms with E-state index in [1.54, 1.807) is 14.2 Å². The van der Waals surface area contributed by atoms with E-state index in [4.69, 9.17) is 24.2 Å². The van der Waals surface area contributed by atoms with Crippen molar-refractivity contribution in [3.63, 3.8) is 0 Å². The third-order valence-electron chi connectivity index (χ3n) is 2.61. The predicted molar refractivity (Wildman–Crippen MR) is 77.7 cm³/mol. The van der Waals surface area contributed by atoms with Crippen molar-refractivity contribution in [2.45, 2.75) is 0 Å². The first-order valence-corrected chi connectivity index (χ1v) is 6.36. The Balaban J connectivity index is 3.02. The minimum Gasteiger partial charge on any atom is -0.758 e. The number of benzene rings is 1. The van der Waals surface area contributed by atoms with Crippen molar-refractivity contribution < 1.29 is 18.9 Å². The molecule has 21 heavy (non-hydrogen) atoms. The molecule has 116 valence electrons. The number of rotatable bonds is 9. The molecule has 0 amide bonds. The van der Waals surface area contributed by atoms with Crippen molar-refractivity contribution in [3.05, 3.63) is 22.9 Å². The van der Waals surface area contributed by atoms with Crippen molar-refractivity contribution in [2.75, 3.05) is 52.8 Å². The van der Waals surface area contributed by atoms with Gasteiger partial charge in [0.1, 0.15) is 19.3 Å². The van der Waals surface area contributed by atoms with E-state index >= 15 is 0 Å². The number of nitrogens with zero attached hydrogens (tertiary/aromatic N) is 2. The standard InChI is InChI=1S/C14H19N2O5/c1-16(17)12-9-14(21-7-5-19-3)13(8-11(12)10-15)20-6-4-18-2/h8-9H,4-7H2,1-3H3/q-1. The average molecular weight is 295 g/mol. The highest BCUT2D eigenvalue weighted by molar-refractivity contribution is 5.66. The number of nitriles is 1. The maximum atomic E-state index is 11.5. The lowest BCUT2D eigenvalue weighted by atomic mass is 10.1. The summed E-state index contributed by atoms with van der Waals surface area (Å²) in [6, 6.07) is 4.95. The van der Waals surface area contributed by atoms with E-state index in [0.717, 1.165) is 0 Å². The van der Waals surface area contributed by atoms with Crippen LogP contribution in [0.3, 0.4) is 0 Å². The van der Waals surface area contributed by atoms with Crippen LogP contribution >= 0.6 is 0 Å². The zero-order valence-electron chi connectivity index (χ0n) is 12.4. The molecule has 0 atom stereocenters. The van der Waals surface area contributed by atoms with E-state index in [0.29, 0.717) is 43.0 Å². The number of hydrogen-bond donors (Lipinski definition) is 0. The summed E-state index contributed by atoms with van der Waals surface area (Å²) in [5.74, 6) is 0.783. The maximum absolute atomic E-state index is 11.5. The number of hydroxylamine groups is 1. The van der Waals surface area contributed by atoms with Gasteiger partial charge in [0.15, 0.2) is 11.5 Å². The summed E-state index contributed by atoms with van der Waals surface area (Å²) in [5, 5.41) is 21.2. The maximum Gasteiger partial charge on any atom is 0.163 e. The predicted octanol–water partition coefficient (Wildman–Crippen LogP) is 1.54. The summed E-state index contributed by atoms with van der Waals surface area (Å²) < 4.78 is 20.9. The molecular formula is C14H19N2O5-. The smallest absolute Gasteiger partial charge is 0.163 e. The van der Waals surface area contributed by atoms with Crippen LogP contribution in [0.4, 0.5) is 5.69 Å². The van der Waals surface area contributed by atoms with Gasteiger partial charge >= 0.3 is 0 Å². The molecule has 0 aliphatic carbocycles. The molecule has 1 aromatic rings. The van der Waals surface area contributed by atoms with Crippen molar-refractivity contribution in [1.29, 1.82) is 5.26 Å². The molecule has 0 aliphatic rings. The second-order valence-corrected chi connectivity index (χ2v) is 4.11. The average Bonchev–Trinajstić information content (AvgIpc) is 2.48. The van der Waals surface area contributed by atoms with Crippen LogP contribution in [0.5, 0.6) is 11.5 Å². The number of methoxy groups -OCH3 is 2. The van der Waals surface area contributed by atoms with Crippen LogP contribution in [0.25, 0.3) is 0 Å². The summed E-state index contributed by atoms with van der Waals surface area (Å²) in [5.41, 5.74) is 0.447. The Hall–Kier alpha value is -2.01. The topological polar surface area (TPSA) is 87.0 Å². The minimum absolute atomic E-state index is 0.221. The first-order valence-electron chi connectivity index (χ1n) is 6.36. The fraction of sp³-hybridized carbons (Fsp3) is 0.500. The first-order chi connectivity index (χ1) is 10.1. The molecular weight excluding hydrogens is 276 g/mol. The van der Waals surface area contributed by atoms with Gasteiger partial charge in [-0.25, -0.2) is 0 Å².